The Morgan fingerprint density at radius 1 is 1.31 bits per heavy atom. The average molecular weight is 174 g/mol. The molecule has 2 rings (SSSR count). The lowest BCUT2D eigenvalue weighted by Gasteiger charge is -2.11. The van der Waals surface area contributed by atoms with Gasteiger partial charge in [-0.3, -0.25) is 0 Å². The minimum atomic E-state index is -0.532. The van der Waals surface area contributed by atoms with Crippen LogP contribution >= 0.6 is 0 Å². The quantitative estimate of drug-likeness (QED) is 0.697. The summed E-state index contributed by atoms with van der Waals surface area (Å²) in [6, 6.07) is 10.2. The molecule has 0 radical (unpaired) electrons. The summed E-state index contributed by atoms with van der Waals surface area (Å²) in [4.78, 5) is 0. The minimum Gasteiger partial charge on any atom is -0.386 e. The predicted molar refractivity (Wildman–Crippen MR) is 53.5 cm³/mol. The van der Waals surface area contributed by atoms with E-state index in [1.54, 1.807) is 0 Å². The number of aliphatic hydroxyl groups is 1. The lowest BCUT2D eigenvalue weighted by Crippen LogP contribution is -2.11. The van der Waals surface area contributed by atoms with Crippen LogP contribution in [0.1, 0.15) is 18.4 Å². The summed E-state index contributed by atoms with van der Waals surface area (Å²) in [7, 11) is 0. The molecule has 1 aliphatic rings. The first-order chi connectivity index (χ1) is 6.21. The molecule has 0 bridgehead atoms. The first kappa shape index (κ1) is 8.52. The van der Waals surface area contributed by atoms with Gasteiger partial charge in [-0.15, -0.1) is 0 Å². The van der Waals surface area contributed by atoms with Gasteiger partial charge in [0.05, 0.1) is 5.60 Å². The lowest BCUT2D eigenvalue weighted by atomic mass is 10.0. The molecule has 1 aliphatic carbocycles. The highest BCUT2D eigenvalue weighted by molar-refractivity contribution is 5.28. The van der Waals surface area contributed by atoms with Crippen LogP contribution in [0.3, 0.4) is 0 Å². The summed E-state index contributed by atoms with van der Waals surface area (Å²) >= 11 is 0. The molecular weight excluding hydrogens is 160 g/mol. The van der Waals surface area contributed by atoms with Crippen molar-refractivity contribution in [1.82, 2.24) is 0 Å². The van der Waals surface area contributed by atoms with Gasteiger partial charge < -0.3 is 5.11 Å². The van der Waals surface area contributed by atoms with Crippen LogP contribution in [0.5, 0.6) is 0 Å². The van der Waals surface area contributed by atoms with Crippen molar-refractivity contribution in [3.05, 3.63) is 48.0 Å². The third-order valence-electron chi connectivity index (χ3n) is 2.64. The standard InChI is InChI=1S/C12H14O/c1-10(12(13)7-8-12)9-11-5-3-2-4-6-11/h2-6,13H,1,7-9H2. The second kappa shape index (κ2) is 3.00. The van der Waals surface area contributed by atoms with Crippen molar-refractivity contribution in [1.29, 1.82) is 0 Å². The third kappa shape index (κ3) is 1.81. The largest absolute Gasteiger partial charge is 0.386 e. The third-order valence-corrected chi connectivity index (χ3v) is 2.64. The maximum Gasteiger partial charge on any atom is 0.0859 e. The van der Waals surface area contributed by atoms with Crippen molar-refractivity contribution < 1.29 is 5.11 Å². The fourth-order valence-corrected chi connectivity index (χ4v) is 1.48. The summed E-state index contributed by atoms with van der Waals surface area (Å²) in [5.74, 6) is 0. The Balaban J connectivity index is 2.03. The van der Waals surface area contributed by atoms with Crippen LogP contribution in [-0.2, 0) is 6.42 Å². The van der Waals surface area contributed by atoms with Gasteiger partial charge in [0.25, 0.3) is 0 Å². The molecular formula is C12H14O. The van der Waals surface area contributed by atoms with E-state index in [2.05, 4.69) is 18.7 Å². The summed E-state index contributed by atoms with van der Waals surface area (Å²) < 4.78 is 0. The molecule has 1 aromatic carbocycles. The molecule has 13 heavy (non-hydrogen) atoms. The van der Waals surface area contributed by atoms with Gasteiger partial charge in [0.1, 0.15) is 0 Å². The molecule has 1 saturated carbocycles. The molecule has 0 saturated heterocycles. The van der Waals surface area contributed by atoms with Gasteiger partial charge in [-0.25, -0.2) is 0 Å². The molecule has 1 heteroatoms. The highest BCUT2D eigenvalue weighted by Gasteiger charge is 2.42. The Hall–Kier alpha value is -1.08. The van der Waals surface area contributed by atoms with Crippen LogP contribution in [0.4, 0.5) is 0 Å². The second-order valence-electron chi connectivity index (χ2n) is 3.80. The highest BCUT2D eigenvalue weighted by Crippen LogP contribution is 2.42. The van der Waals surface area contributed by atoms with Crippen LogP contribution in [0.15, 0.2) is 42.5 Å². The maximum absolute atomic E-state index is 9.76. The van der Waals surface area contributed by atoms with Crippen LogP contribution in [0.25, 0.3) is 0 Å². The molecule has 68 valence electrons. The molecule has 0 unspecified atom stereocenters. The van der Waals surface area contributed by atoms with E-state index >= 15 is 0 Å². The highest BCUT2D eigenvalue weighted by atomic mass is 16.3. The van der Waals surface area contributed by atoms with E-state index in [4.69, 9.17) is 0 Å². The second-order valence-corrected chi connectivity index (χ2v) is 3.80. The Morgan fingerprint density at radius 2 is 1.92 bits per heavy atom. The molecule has 1 aromatic rings. The van der Waals surface area contributed by atoms with E-state index in [9.17, 15) is 5.11 Å². The Kier molecular flexibility index (Phi) is 1.97. The van der Waals surface area contributed by atoms with Crippen molar-refractivity contribution in [2.45, 2.75) is 24.9 Å². The zero-order chi connectivity index (χ0) is 9.31. The van der Waals surface area contributed by atoms with Gasteiger partial charge in [-0.05, 0) is 30.4 Å². The van der Waals surface area contributed by atoms with Gasteiger partial charge in [0.2, 0.25) is 0 Å². The van der Waals surface area contributed by atoms with Crippen molar-refractivity contribution >= 4 is 0 Å². The predicted octanol–water partition coefficient (Wildman–Crippen LogP) is 2.31. The molecule has 1 nitrogen and oxygen atoms in total. The van der Waals surface area contributed by atoms with Gasteiger partial charge in [0, 0.05) is 0 Å². The molecule has 0 atom stereocenters. The lowest BCUT2D eigenvalue weighted by molar-refractivity contribution is 0.187. The molecule has 0 spiro atoms. The average Bonchev–Trinajstić information content (AvgIpc) is 2.87. The molecule has 0 heterocycles. The normalized spacial score (nSPS) is 18.2. The first-order valence-electron chi connectivity index (χ1n) is 4.65. The van der Waals surface area contributed by atoms with Crippen LogP contribution in [-0.4, -0.2) is 10.7 Å². The van der Waals surface area contributed by atoms with Crippen molar-refractivity contribution in [2.24, 2.45) is 0 Å². The first-order valence-corrected chi connectivity index (χ1v) is 4.65. The Morgan fingerprint density at radius 3 is 2.46 bits per heavy atom. The monoisotopic (exact) mass is 174 g/mol. The fourth-order valence-electron chi connectivity index (χ4n) is 1.48. The topological polar surface area (TPSA) is 20.2 Å². The zero-order valence-electron chi connectivity index (χ0n) is 7.66. The number of hydrogen-bond acceptors (Lipinski definition) is 1. The minimum absolute atomic E-state index is 0.532. The summed E-state index contributed by atoms with van der Waals surface area (Å²) in [6.07, 6.45) is 2.58. The summed E-state index contributed by atoms with van der Waals surface area (Å²) in [6.45, 7) is 3.93. The van der Waals surface area contributed by atoms with Crippen LogP contribution in [0, 0.1) is 0 Å². The van der Waals surface area contributed by atoms with E-state index in [-0.39, 0.29) is 0 Å². The zero-order valence-corrected chi connectivity index (χ0v) is 7.66. The van der Waals surface area contributed by atoms with Gasteiger partial charge in [0.15, 0.2) is 0 Å². The van der Waals surface area contributed by atoms with E-state index in [0.717, 1.165) is 24.8 Å². The maximum atomic E-state index is 9.76. The molecule has 1 fully saturated rings. The number of hydrogen-bond donors (Lipinski definition) is 1. The van der Waals surface area contributed by atoms with E-state index in [1.807, 2.05) is 18.2 Å². The summed E-state index contributed by atoms with van der Waals surface area (Å²) in [5.41, 5.74) is 1.65. The Bertz CT molecular complexity index is 309. The number of benzene rings is 1. The van der Waals surface area contributed by atoms with E-state index < -0.39 is 5.60 Å². The van der Waals surface area contributed by atoms with Gasteiger partial charge in [-0.2, -0.15) is 0 Å². The molecule has 1 N–H and O–H groups in total. The van der Waals surface area contributed by atoms with Crippen molar-refractivity contribution in [3.8, 4) is 0 Å². The van der Waals surface area contributed by atoms with Crippen molar-refractivity contribution in [3.63, 3.8) is 0 Å². The van der Waals surface area contributed by atoms with Crippen LogP contribution < -0.4 is 0 Å². The fraction of sp³-hybridized carbons (Fsp3) is 0.333. The Labute approximate surface area is 78.7 Å². The molecule has 0 aliphatic heterocycles. The van der Waals surface area contributed by atoms with Gasteiger partial charge >= 0.3 is 0 Å². The number of rotatable bonds is 3. The smallest absolute Gasteiger partial charge is 0.0859 e. The van der Waals surface area contributed by atoms with E-state index in [1.165, 1.54) is 5.56 Å². The molecule has 0 amide bonds. The van der Waals surface area contributed by atoms with Gasteiger partial charge in [-0.1, -0.05) is 36.9 Å². The SMILES string of the molecule is C=C(Cc1ccccc1)C1(O)CC1. The summed E-state index contributed by atoms with van der Waals surface area (Å²) in [5, 5.41) is 9.76. The van der Waals surface area contributed by atoms with Crippen LogP contribution in [0.2, 0.25) is 0 Å². The van der Waals surface area contributed by atoms with Crippen molar-refractivity contribution in [2.75, 3.05) is 0 Å². The van der Waals surface area contributed by atoms with E-state index in [0.29, 0.717) is 0 Å². The molecule has 0 aromatic heterocycles.